The van der Waals surface area contributed by atoms with Gasteiger partial charge >= 0.3 is 0 Å². The van der Waals surface area contributed by atoms with Crippen LogP contribution in [0.15, 0.2) is 42.0 Å². The normalized spacial score (nSPS) is 29.7. The van der Waals surface area contributed by atoms with Crippen molar-refractivity contribution in [2.45, 2.75) is 50.6 Å². The minimum Gasteiger partial charge on any atom is -0.496 e. The van der Waals surface area contributed by atoms with E-state index in [0.717, 1.165) is 49.0 Å². The van der Waals surface area contributed by atoms with Crippen LogP contribution >= 0.6 is 0 Å². The highest BCUT2D eigenvalue weighted by atomic mass is 16.5. The number of amides is 1. The Hall–Kier alpha value is -2.60. The van der Waals surface area contributed by atoms with Crippen LogP contribution in [0.2, 0.25) is 0 Å². The van der Waals surface area contributed by atoms with Crippen molar-refractivity contribution in [2.75, 3.05) is 26.7 Å². The van der Waals surface area contributed by atoms with E-state index in [0.29, 0.717) is 17.5 Å². The van der Waals surface area contributed by atoms with Crippen molar-refractivity contribution >= 4 is 5.91 Å². The van der Waals surface area contributed by atoms with Crippen LogP contribution in [0.5, 0.6) is 5.75 Å². The molecule has 1 aromatic carbocycles. The van der Waals surface area contributed by atoms with Gasteiger partial charge in [0.1, 0.15) is 11.4 Å². The van der Waals surface area contributed by atoms with Crippen molar-refractivity contribution in [3.05, 3.63) is 47.7 Å². The Morgan fingerprint density at radius 2 is 2.09 bits per heavy atom. The summed E-state index contributed by atoms with van der Waals surface area (Å²) in [4.78, 5) is 18.5. The molecule has 2 aromatic rings. The van der Waals surface area contributed by atoms with Crippen molar-refractivity contribution in [2.24, 2.45) is 11.8 Å². The van der Waals surface area contributed by atoms with Crippen molar-refractivity contribution in [1.29, 1.82) is 0 Å². The van der Waals surface area contributed by atoms with E-state index in [1.54, 1.807) is 7.11 Å². The molecule has 0 saturated carbocycles. The number of methoxy groups -OCH3 is 1. The lowest BCUT2D eigenvalue weighted by Crippen LogP contribution is -2.60. The van der Waals surface area contributed by atoms with Gasteiger partial charge in [-0.15, -0.1) is 0 Å². The first-order chi connectivity index (χ1) is 15.7. The number of carbonyl (C=O) groups excluding carboxylic acids is 1. The topological polar surface area (TPSA) is 61.5 Å². The second-order valence-corrected chi connectivity index (χ2v) is 9.87. The van der Waals surface area contributed by atoms with Gasteiger partial charge in [0.2, 0.25) is 0 Å². The molecular formula is C26H32N4O2. The Balaban J connectivity index is 1.28. The largest absolute Gasteiger partial charge is 0.496 e. The number of nitrogens with one attached hydrogen (secondary N) is 1. The quantitative estimate of drug-likeness (QED) is 0.741. The summed E-state index contributed by atoms with van der Waals surface area (Å²) in [6, 6.07) is 10.7. The molecule has 6 heteroatoms. The monoisotopic (exact) mass is 432 g/mol. The zero-order valence-electron chi connectivity index (χ0n) is 18.8. The summed E-state index contributed by atoms with van der Waals surface area (Å²) >= 11 is 0. The molecule has 4 heterocycles. The number of carbonyl (C=O) groups is 1. The SMILES string of the molecule is COc1ccccc1-c1cc(C(=O)N2CCCC3=C[C@@H]4C[C@@H](CN5CCCCC45)C32)[nH]n1. The maximum Gasteiger partial charge on any atom is 0.272 e. The molecule has 2 unspecified atom stereocenters. The molecule has 1 N–H and O–H groups in total. The fourth-order valence-electron chi connectivity index (χ4n) is 6.78. The summed E-state index contributed by atoms with van der Waals surface area (Å²) in [7, 11) is 1.66. The van der Waals surface area contributed by atoms with Gasteiger partial charge in [-0.1, -0.05) is 30.2 Å². The summed E-state index contributed by atoms with van der Waals surface area (Å²) in [5.41, 5.74) is 3.73. The molecule has 3 aliphatic heterocycles. The maximum atomic E-state index is 13.7. The third-order valence-corrected chi connectivity index (χ3v) is 8.11. The van der Waals surface area contributed by atoms with Crippen molar-refractivity contribution < 1.29 is 9.53 Å². The number of aromatic nitrogens is 2. The lowest BCUT2D eigenvalue weighted by atomic mass is 9.68. The Kier molecular flexibility index (Phi) is 5.05. The number of benzene rings is 1. The molecule has 2 bridgehead atoms. The number of likely N-dealkylation sites (tertiary alicyclic amines) is 1. The average Bonchev–Trinajstić information content (AvgIpc) is 3.33. The van der Waals surface area contributed by atoms with Crippen LogP contribution in [0.3, 0.4) is 0 Å². The van der Waals surface area contributed by atoms with Crippen molar-refractivity contribution in [3.63, 3.8) is 0 Å². The van der Waals surface area contributed by atoms with Crippen LogP contribution < -0.4 is 4.74 Å². The van der Waals surface area contributed by atoms with Crippen LogP contribution in [-0.4, -0.2) is 64.7 Å². The molecule has 1 amide bonds. The van der Waals surface area contributed by atoms with Gasteiger partial charge in [-0.05, 0) is 68.7 Å². The van der Waals surface area contributed by atoms with Gasteiger partial charge in [0.05, 0.1) is 18.8 Å². The van der Waals surface area contributed by atoms with E-state index >= 15 is 0 Å². The lowest BCUT2D eigenvalue weighted by molar-refractivity contribution is 0.00131. The number of para-hydroxylation sites is 1. The third-order valence-electron chi connectivity index (χ3n) is 8.11. The molecule has 6 rings (SSSR count). The number of H-pyrrole nitrogens is 1. The number of aromatic amines is 1. The van der Waals surface area contributed by atoms with E-state index in [-0.39, 0.29) is 11.9 Å². The van der Waals surface area contributed by atoms with Crippen LogP contribution in [0.4, 0.5) is 0 Å². The Bertz CT molecular complexity index is 1040. The first-order valence-corrected chi connectivity index (χ1v) is 12.2. The second kappa shape index (κ2) is 8.07. The highest BCUT2D eigenvalue weighted by Crippen LogP contribution is 2.45. The fourth-order valence-corrected chi connectivity index (χ4v) is 6.78. The van der Waals surface area contributed by atoms with Crippen LogP contribution in [0.1, 0.15) is 49.0 Å². The van der Waals surface area contributed by atoms with Gasteiger partial charge in [0, 0.05) is 24.7 Å². The van der Waals surface area contributed by atoms with E-state index < -0.39 is 0 Å². The first-order valence-electron chi connectivity index (χ1n) is 12.2. The van der Waals surface area contributed by atoms with E-state index in [2.05, 4.69) is 26.1 Å². The minimum atomic E-state index is 0.0773. The van der Waals surface area contributed by atoms with Gasteiger partial charge in [-0.2, -0.15) is 5.10 Å². The third kappa shape index (κ3) is 3.27. The number of rotatable bonds is 3. The van der Waals surface area contributed by atoms with E-state index in [1.807, 2.05) is 30.3 Å². The van der Waals surface area contributed by atoms with Gasteiger partial charge in [0.25, 0.3) is 5.91 Å². The molecule has 3 saturated heterocycles. The number of piperidine rings is 3. The van der Waals surface area contributed by atoms with Crippen LogP contribution in [0.25, 0.3) is 11.3 Å². The summed E-state index contributed by atoms with van der Waals surface area (Å²) in [5.74, 6) is 2.07. The molecule has 6 nitrogen and oxygen atoms in total. The van der Waals surface area contributed by atoms with E-state index in [1.165, 1.54) is 37.8 Å². The van der Waals surface area contributed by atoms with Crippen molar-refractivity contribution in [3.8, 4) is 17.0 Å². The molecule has 4 aliphatic rings. The predicted molar refractivity (Wildman–Crippen MR) is 124 cm³/mol. The molecule has 1 aromatic heterocycles. The zero-order valence-corrected chi connectivity index (χ0v) is 18.8. The Labute approximate surface area is 189 Å². The highest BCUT2D eigenvalue weighted by Gasteiger charge is 2.47. The van der Waals surface area contributed by atoms with Gasteiger partial charge in [-0.3, -0.25) is 14.8 Å². The molecule has 168 valence electrons. The number of hydrogen-bond acceptors (Lipinski definition) is 4. The van der Waals surface area contributed by atoms with E-state index in [4.69, 9.17) is 4.74 Å². The number of ether oxygens (including phenoxy) is 1. The zero-order chi connectivity index (χ0) is 21.7. The summed E-state index contributed by atoms with van der Waals surface area (Å²) in [6.45, 7) is 3.20. The average molecular weight is 433 g/mol. The molecule has 0 spiro atoms. The highest BCUT2D eigenvalue weighted by molar-refractivity contribution is 5.94. The number of nitrogens with zero attached hydrogens (tertiary/aromatic N) is 3. The van der Waals surface area contributed by atoms with Gasteiger partial charge in [0.15, 0.2) is 0 Å². The fraction of sp³-hybridized carbons (Fsp3) is 0.538. The summed E-state index contributed by atoms with van der Waals surface area (Å²) in [6.07, 6.45) is 10.0. The van der Waals surface area contributed by atoms with Crippen molar-refractivity contribution in [1.82, 2.24) is 20.0 Å². The van der Waals surface area contributed by atoms with Gasteiger partial charge < -0.3 is 9.64 Å². The molecule has 0 radical (unpaired) electrons. The maximum absolute atomic E-state index is 13.7. The standard InChI is InChI=1S/C26H32N4O2/c1-32-24-10-3-2-8-20(24)21-15-22(28-27-21)26(31)30-12-6-7-17-13-18-14-19(25(17)30)16-29-11-5-4-9-23(18)29/h2-3,8,10,13,15,18-19,23,25H,4-7,9,11-12,14,16H2,1H3,(H,27,28)/t18-,19+,23?,25?/m1/s1. The smallest absolute Gasteiger partial charge is 0.272 e. The molecule has 1 aliphatic carbocycles. The van der Waals surface area contributed by atoms with Crippen LogP contribution in [0, 0.1) is 11.8 Å². The second-order valence-electron chi connectivity index (χ2n) is 9.87. The first kappa shape index (κ1) is 20.0. The Morgan fingerprint density at radius 3 is 3.00 bits per heavy atom. The van der Waals surface area contributed by atoms with E-state index in [9.17, 15) is 4.79 Å². The summed E-state index contributed by atoms with van der Waals surface area (Å²) in [5, 5.41) is 7.48. The van der Waals surface area contributed by atoms with Gasteiger partial charge in [-0.25, -0.2) is 0 Å². The lowest BCUT2D eigenvalue weighted by Gasteiger charge is -2.54. The number of hydrogen-bond donors (Lipinski definition) is 1. The summed E-state index contributed by atoms with van der Waals surface area (Å²) < 4.78 is 5.48. The Morgan fingerprint density at radius 1 is 1.19 bits per heavy atom. The number of fused-ring (bicyclic) bond motifs is 6. The molecule has 32 heavy (non-hydrogen) atoms. The molecule has 3 fully saturated rings. The van der Waals surface area contributed by atoms with Crippen LogP contribution in [-0.2, 0) is 0 Å². The molecule has 4 atom stereocenters. The minimum absolute atomic E-state index is 0.0773. The predicted octanol–water partition coefficient (Wildman–Crippen LogP) is 4.12. The molecular weight excluding hydrogens is 400 g/mol.